The molecule has 2 N–H and O–H groups in total. The summed E-state index contributed by atoms with van der Waals surface area (Å²) >= 11 is 0. The molecule has 1 aromatic rings. The van der Waals surface area contributed by atoms with E-state index in [1.54, 1.807) is 23.1 Å². The maximum Gasteiger partial charge on any atom is 0.244 e. The molecule has 0 saturated heterocycles. The first-order valence-electron chi connectivity index (χ1n) is 6.55. The normalized spacial score (nSPS) is 19.7. The highest BCUT2D eigenvalue weighted by atomic mass is 16.3. The van der Waals surface area contributed by atoms with Crippen molar-refractivity contribution >= 4 is 5.91 Å². The fourth-order valence-electron chi connectivity index (χ4n) is 2.57. The van der Waals surface area contributed by atoms with Crippen LogP contribution in [0, 0.1) is 5.41 Å². The molecule has 18 heavy (non-hydrogen) atoms. The van der Waals surface area contributed by atoms with Gasteiger partial charge in [-0.2, -0.15) is 5.10 Å². The zero-order valence-corrected chi connectivity index (χ0v) is 10.8. The zero-order chi connectivity index (χ0) is 13.0. The van der Waals surface area contributed by atoms with Crippen LogP contribution in [0.25, 0.3) is 0 Å². The molecule has 1 fully saturated rings. The molecule has 1 amide bonds. The van der Waals surface area contributed by atoms with Crippen molar-refractivity contribution in [1.82, 2.24) is 15.1 Å². The third-order valence-corrected chi connectivity index (χ3v) is 3.94. The minimum absolute atomic E-state index is 0.0431. The second kappa shape index (κ2) is 5.52. The zero-order valence-electron chi connectivity index (χ0n) is 10.8. The van der Waals surface area contributed by atoms with Crippen LogP contribution in [-0.4, -0.2) is 33.9 Å². The number of amides is 1. The summed E-state index contributed by atoms with van der Waals surface area (Å²) < 4.78 is 1.63. The van der Waals surface area contributed by atoms with E-state index in [2.05, 4.69) is 10.4 Å². The summed E-state index contributed by atoms with van der Waals surface area (Å²) in [5, 5.41) is 16.5. The topological polar surface area (TPSA) is 67.2 Å². The quantitative estimate of drug-likeness (QED) is 0.824. The van der Waals surface area contributed by atoms with E-state index in [0.717, 1.165) is 25.7 Å². The predicted octanol–water partition coefficient (Wildman–Crippen LogP) is 1.11. The number of aromatic nitrogens is 2. The first-order valence-corrected chi connectivity index (χ1v) is 6.55. The Labute approximate surface area is 107 Å². The second-order valence-electron chi connectivity index (χ2n) is 5.25. The minimum atomic E-state index is -0.308. The van der Waals surface area contributed by atoms with Crippen LogP contribution in [0.4, 0.5) is 0 Å². The fraction of sp³-hybridized carbons (Fsp3) is 0.692. The summed E-state index contributed by atoms with van der Waals surface area (Å²) in [4.78, 5) is 12.0. The lowest BCUT2D eigenvalue weighted by molar-refractivity contribution is -0.124. The predicted molar refractivity (Wildman–Crippen MR) is 67.9 cm³/mol. The molecule has 1 saturated carbocycles. The maximum atomic E-state index is 12.0. The molecule has 1 heterocycles. The van der Waals surface area contributed by atoms with Crippen molar-refractivity contribution in [3.05, 3.63) is 18.5 Å². The number of nitrogens with zero attached hydrogens (tertiary/aromatic N) is 2. The number of aliphatic hydroxyl groups excluding tert-OH is 1. The standard InChI is InChI=1S/C13H21N3O2/c1-11(16-8-4-7-15-16)12(18)14-9-13(10-17)5-2-3-6-13/h4,7-8,11,17H,2-3,5-6,9-10H2,1H3,(H,14,18). The van der Waals surface area contributed by atoms with Crippen molar-refractivity contribution in [1.29, 1.82) is 0 Å². The molecular weight excluding hydrogens is 230 g/mol. The first kappa shape index (κ1) is 13.1. The Morgan fingerprint density at radius 3 is 2.83 bits per heavy atom. The second-order valence-corrected chi connectivity index (χ2v) is 5.25. The highest BCUT2D eigenvalue weighted by Gasteiger charge is 2.33. The number of hydrogen-bond donors (Lipinski definition) is 2. The van der Waals surface area contributed by atoms with Crippen molar-refractivity contribution < 1.29 is 9.90 Å². The van der Waals surface area contributed by atoms with Crippen molar-refractivity contribution in [2.45, 2.75) is 38.6 Å². The number of rotatable bonds is 5. The fourth-order valence-corrected chi connectivity index (χ4v) is 2.57. The van der Waals surface area contributed by atoms with Crippen molar-refractivity contribution in [3.63, 3.8) is 0 Å². The molecule has 1 atom stereocenters. The summed E-state index contributed by atoms with van der Waals surface area (Å²) in [6, 6.07) is 1.49. The smallest absolute Gasteiger partial charge is 0.244 e. The molecule has 0 aliphatic heterocycles. The van der Waals surface area contributed by atoms with Gasteiger partial charge in [0.15, 0.2) is 0 Å². The molecule has 1 aliphatic carbocycles. The molecule has 5 nitrogen and oxygen atoms in total. The lowest BCUT2D eigenvalue weighted by atomic mass is 9.87. The summed E-state index contributed by atoms with van der Waals surface area (Å²) in [6.45, 7) is 2.54. The van der Waals surface area contributed by atoms with Crippen LogP contribution in [0.1, 0.15) is 38.6 Å². The van der Waals surface area contributed by atoms with Gasteiger partial charge in [-0.1, -0.05) is 12.8 Å². The SMILES string of the molecule is CC(C(=O)NCC1(CO)CCCC1)n1cccn1. The number of nitrogens with one attached hydrogen (secondary N) is 1. The van der Waals surface area contributed by atoms with Crippen LogP contribution in [-0.2, 0) is 4.79 Å². The summed E-state index contributed by atoms with van der Waals surface area (Å²) in [7, 11) is 0. The number of carbonyl (C=O) groups excluding carboxylic acids is 1. The van der Waals surface area contributed by atoms with E-state index < -0.39 is 0 Å². The first-order chi connectivity index (χ1) is 8.67. The molecule has 100 valence electrons. The Morgan fingerprint density at radius 1 is 1.56 bits per heavy atom. The monoisotopic (exact) mass is 251 g/mol. The van der Waals surface area contributed by atoms with Crippen LogP contribution in [0.5, 0.6) is 0 Å². The summed E-state index contributed by atoms with van der Waals surface area (Å²) in [5.74, 6) is -0.0431. The van der Waals surface area contributed by atoms with Crippen LogP contribution in [0.2, 0.25) is 0 Å². The van der Waals surface area contributed by atoms with Gasteiger partial charge in [-0.15, -0.1) is 0 Å². The van der Waals surface area contributed by atoms with Gasteiger partial charge in [0.05, 0.1) is 6.61 Å². The van der Waals surface area contributed by atoms with Crippen molar-refractivity contribution in [2.24, 2.45) is 5.41 Å². The molecule has 1 unspecified atom stereocenters. The molecule has 0 aromatic carbocycles. The van der Waals surface area contributed by atoms with Crippen molar-refractivity contribution in [3.8, 4) is 0 Å². The summed E-state index contributed by atoms with van der Waals surface area (Å²) in [5.41, 5.74) is -0.0977. The molecule has 0 spiro atoms. The molecule has 1 aliphatic rings. The van der Waals surface area contributed by atoms with Gasteiger partial charge < -0.3 is 10.4 Å². The van der Waals surface area contributed by atoms with Gasteiger partial charge in [-0.25, -0.2) is 0 Å². The van der Waals surface area contributed by atoms with E-state index >= 15 is 0 Å². The Morgan fingerprint density at radius 2 is 2.28 bits per heavy atom. The molecular formula is C13H21N3O2. The van der Waals surface area contributed by atoms with E-state index in [4.69, 9.17) is 0 Å². The van der Waals surface area contributed by atoms with Gasteiger partial charge in [0.1, 0.15) is 6.04 Å². The molecule has 0 radical (unpaired) electrons. The van der Waals surface area contributed by atoms with E-state index in [0.29, 0.717) is 6.54 Å². The van der Waals surface area contributed by atoms with E-state index in [-0.39, 0.29) is 24.0 Å². The minimum Gasteiger partial charge on any atom is -0.396 e. The van der Waals surface area contributed by atoms with Gasteiger partial charge in [0, 0.05) is 24.4 Å². The molecule has 1 aromatic heterocycles. The lowest BCUT2D eigenvalue weighted by Crippen LogP contribution is -2.41. The third kappa shape index (κ3) is 2.72. The van der Waals surface area contributed by atoms with Gasteiger partial charge >= 0.3 is 0 Å². The van der Waals surface area contributed by atoms with Gasteiger partial charge in [0.25, 0.3) is 0 Å². The van der Waals surface area contributed by atoms with E-state index in [1.807, 2.05) is 6.92 Å². The largest absolute Gasteiger partial charge is 0.396 e. The van der Waals surface area contributed by atoms with Crippen molar-refractivity contribution in [2.75, 3.05) is 13.2 Å². The Bertz CT molecular complexity index is 383. The Hall–Kier alpha value is -1.36. The van der Waals surface area contributed by atoms with Crippen LogP contribution < -0.4 is 5.32 Å². The van der Waals surface area contributed by atoms with Crippen LogP contribution in [0.15, 0.2) is 18.5 Å². The van der Waals surface area contributed by atoms with Gasteiger partial charge in [-0.3, -0.25) is 9.48 Å². The van der Waals surface area contributed by atoms with Gasteiger partial charge in [-0.05, 0) is 25.8 Å². The Kier molecular flexibility index (Phi) is 4.01. The lowest BCUT2D eigenvalue weighted by Gasteiger charge is -2.27. The highest BCUT2D eigenvalue weighted by molar-refractivity contribution is 5.79. The van der Waals surface area contributed by atoms with E-state index in [1.165, 1.54) is 0 Å². The number of carbonyl (C=O) groups is 1. The van der Waals surface area contributed by atoms with Gasteiger partial charge in [0.2, 0.25) is 5.91 Å². The van der Waals surface area contributed by atoms with Crippen LogP contribution >= 0.6 is 0 Å². The average Bonchev–Trinajstić information content (AvgIpc) is 3.06. The number of hydrogen-bond acceptors (Lipinski definition) is 3. The molecule has 2 rings (SSSR count). The van der Waals surface area contributed by atoms with E-state index in [9.17, 15) is 9.90 Å². The highest BCUT2D eigenvalue weighted by Crippen LogP contribution is 2.36. The maximum absolute atomic E-state index is 12.0. The molecule has 5 heteroatoms. The average molecular weight is 251 g/mol. The van der Waals surface area contributed by atoms with Crippen LogP contribution in [0.3, 0.4) is 0 Å². The Balaban J connectivity index is 1.88. The summed E-state index contributed by atoms with van der Waals surface area (Å²) in [6.07, 6.45) is 7.73. The third-order valence-electron chi connectivity index (χ3n) is 3.94. The number of aliphatic hydroxyl groups is 1. The molecule has 0 bridgehead atoms.